The summed E-state index contributed by atoms with van der Waals surface area (Å²) in [5, 5.41) is 0. The van der Waals surface area contributed by atoms with E-state index in [0.29, 0.717) is 6.42 Å². The zero-order valence-corrected chi connectivity index (χ0v) is 12.0. The number of benzene rings is 1. The Kier molecular flexibility index (Phi) is 6.84. The predicted molar refractivity (Wildman–Crippen MR) is 74.9 cm³/mol. The van der Waals surface area contributed by atoms with Crippen molar-refractivity contribution in [2.24, 2.45) is 5.73 Å². The number of methoxy groups -OCH3 is 1. The maximum atomic E-state index is 11.1. The Hall–Kier alpha value is -1.10. The van der Waals surface area contributed by atoms with Crippen molar-refractivity contribution < 1.29 is 13.8 Å². The molecule has 0 aromatic heterocycles. The van der Waals surface area contributed by atoms with Crippen molar-refractivity contribution in [2.75, 3.05) is 7.11 Å². The smallest absolute Gasteiger partial charge is 0.341 e. The summed E-state index contributed by atoms with van der Waals surface area (Å²) in [6.45, 7) is 2.10. The quantitative estimate of drug-likeness (QED) is 0.834. The van der Waals surface area contributed by atoms with Crippen molar-refractivity contribution >= 4 is 17.8 Å². The monoisotopic (exact) mass is 285 g/mol. The number of halogens is 1. The number of ether oxygens (including phenoxy) is 1. The first-order valence-electron chi connectivity index (χ1n) is 6.29. The molecule has 106 valence electrons. The molecule has 0 heterocycles. The summed E-state index contributed by atoms with van der Waals surface area (Å²) in [4.78, 5) is 11.1. The molecule has 0 bridgehead atoms. The predicted octanol–water partition coefficient (Wildman–Crippen LogP) is 2.22. The van der Waals surface area contributed by atoms with Crippen LogP contribution in [0.2, 0.25) is 0 Å². The fourth-order valence-electron chi connectivity index (χ4n) is 1.86. The van der Waals surface area contributed by atoms with Gasteiger partial charge < -0.3 is 14.8 Å². The van der Waals surface area contributed by atoms with Crippen LogP contribution in [0.25, 0.3) is 0 Å². The van der Waals surface area contributed by atoms with E-state index in [2.05, 4.69) is 11.2 Å². The minimum Gasteiger partial charge on any atom is -0.381 e. The molecule has 0 radical (unpaired) electrons. The Morgan fingerprint density at radius 2 is 1.79 bits per heavy atom. The Bertz CT molecular complexity index is 390. The van der Waals surface area contributed by atoms with Gasteiger partial charge in [-0.05, 0) is 30.4 Å². The first-order chi connectivity index (χ1) is 9.10. The molecule has 4 nitrogen and oxygen atoms in total. The second-order valence-corrected chi connectivity index (χ2v) is 4.65. The Labute approximate surface area is 119 Å². The lowest BCUT2D eigenvalue weighted by Gasteiger charge is -2.13. The highest BCUT2D eigenvalue weighted by Gasteiger charge is 2.15. The second kappa shape index (κ2) is 8.15. The van der Waals surface area contributed by atoms with Crippen molar-refractivity contribution in [2.45, 2.75) is 38.3 Å². The molecular formula is C14H20ClNO3. The molecule has 2 unspecified atom stereocenters. The molecule has 0 aliphatic rings. The molecule has 1 aromatic rings. The standard InChI is InChI=1S/C14H20ClNO3/c1-3-12(18-2)8-10-4-6-11(7-5-10)9-13(16)14(17)19-15/h4-7,12-13H,3,8-9,16H2,1-2H3. The zero-order valence-electron chi connectivity index (χ0n) is 11.3. The number of rotatable bonds is 7. The van der Waals surface area contributed by atoms with Gasteiger partial charge in [0.2, 0.25) is 0 Å². The van der Waals surface area contributed by atoms with Gasteiger partial charge in [0.05, 0.1) is 6.10 Å². The summed E-state index contributed by atoms with van der Waals surface area (Å²) in [5.74, 6) is -0.615. The molecule has 2 atom stereocenters. The van der Waals surface area contributed by atoms with Gasteiger partial charge in [0.25, 0.3) is 0 Å². The van der Waals surface area contributed by atoms with Gasteiger partial charge in [0, 0.05) is 7.11 Å². The third-order valence-corrected chi connectivity index (χ3v) is 3.26. The average Bonchev–Trinajstić information content (AvgIpc) is 2.45. The molecule has 1 aromatic carbocycles. The number of hydrogen-bond donors (Lipinski definition) is 1. The van der Waals surface area contributed by atoms with E-state index in [4.69, 9.17) is 22.3 Å². The lowest BCUT2D eigenvalue weighted by molar-refractivity contribution is -0.135. The van der Waals surface area contributed by atoms with Gasteiger partial charge in [-0.15, -0.1) is 0 Å². The number of hydrogen-bond acceptors (Lipinski definition) is 4. The van der Waals surface area contributed by atoms with Crippen molar-refractivity contribution in [1.29, 1.82) is 0 Å². The topological polar surface area (TPSA) is 61.6 Å². The molecule has 0 saturated heterocycles. The van der Waals surface area contributed by atoms with E-state index < -0.39 is 12.0 Å². The van der Waals surface area contributed by atoms with Crippen molar-refractivity contribution in [3.05, 3.63) is 35.4 Å². The third-order valence-electron chi connectivity index (χ3n) is 3.11. The lowest BCUT2D eigenvalue weighted by Crippen LogP contribution is -2.32. The fourth-order valence-corrected chi connectivity index (χ4v) is 1.98. The van der Waals surface area contributed by atoms with Gasteiger partial charge in [0.1, 0.15) is 17.9 Å². The van der Waals surface area contributed by atoms with Crippen LogP contribution in [0.15, 0.2) is 24.3 Å². The lowest BCUT2D eigenvalue weighted by atomic mass is 10.0. The molecule has 0 fully saturated rings. The molecule has 0 aliphatic heterocycles. The Balaban J connectivity index is 2.58. The molecular weight excluding hydrogens is 266 g/mol. The van der Waals surface area contributed by atoms with Gasteiger partial charge in [-0.25, -0.2) is 4.79 Å². The van der Waals surface area contributed by atoms with Gasteiger partial charge in [-0.3, -0.25) is 0 Å². The van der Waals surface area contributed by atoms with Gasteiger partial charge in [-0.1, -0.05) is 31.2 Å². The summed E-state index contributed by atoms with van der Waals surface area (Å²) >= 11 is 4.98. The molecule has 1 rings (SSSR count). The van der Waals surface area contributed by atoms with Crippen LogP contribution in [0, 0.1) is 0 Å². The SMILES string of the molecule is CCC(Cc1ccc(CC(N)C(=O)OCl)cc1)OC. The highest BCUT2D eigenvalue weighted by atomic mass is 35.5. The molecule has 0 spiro atoms. The van der Waals surface area contributed by atoms with Crippen molar-refractivity contribution in [1.82, 2.24) is 0 Å². The van der Waals surface area contributed by atoms with Crippen LogP contribution in [-0.4, -0.2) is 25.2 Å². The summed E-state index contributed by atoms with van der Waals surface area (Å²) in [6.07, 6.45) is 2.50. The third kappa shape index (κ3) is 5.19. The molecule has 0 amide bonds. The van der Waals surface area contributed by atoms with E-state index >= 15 is 0 Å². The Morgan fingerprint density at radius 3 is 2.21 bits per heavy atom. The average molecular weight is 286 g/mol. The minimum absolute atomic E-state index is 0.235. The van der Waals surface area contributed by atoms with Crippen LogP contribution < -0.4 is 5.73 Å². The first-order valence-corrected chi connectivity index (χ1v) is 6.60. The zero-order chi connectivity index (χ0) is 14.3. The highest BCUT2D eigenvalue weighted by molar-refractivity contribution is 6.13. The summed E-state index contributed by atoms with van der Waals surface area (Å²) in [6, 6.07) is 7.23. The largest absolute Gasteiger partial charge is 0.381 e. The Morgan fingerprint density at radius 1 is 1.26 bits per heavy atom. The van der Waals surface area contributed by atoms with E-state index in [0.717, 1.165) is 18.4 Å². The van der Waals surface area contributed by atoms with E-state index in [1.54, 1.807) is 7.11 Å². The summed E-state index contributed by atoms with van der Waals surface area (Å²) in [7, 11) is 1.72. The molecule has 0 aliphatic carbocycles. The van der Waals surface area contributed by atoms with E-state index in [9.17, 15) is 4.79 Å². The molecule has 2 N–H and O–H groups in total. The van der Waals surface area contributed by atoms with Crippen LogP contribution in [-0.2, 0) is 26.7 Å². The van der Waals surface area contributed by atoms with Crippen LogP contribution >= 0.6 is 11.9 Å². The van der Waals surface area contributed by atoms with Crippen molar-refractivity contribution in [3.63, 3.8) is 0 Å². The van der Waals surface area contributed by atoms with Crippen molar-refractivity contribution in [3.8, 4) is 0 Å². The number of carbonyl (C=O) groups is 1. The normalized spacial score (nSPS) is 13.9. The number of carbonyl (C=O) groups excluding carboxylic acids is 1. The van der Waals surface area contributed by atoms with Gasteiger partial charge in [-0.2, -0.15) is 0 Å². The molecule has 19 heavy (non-hydrogen) atoms. The first kappa shape index (κ1) is 16.0. The molecule has 5 heteroatoms. The minimum atomic E-state index is -0.731. The summed E-state index contributed by atoms with van der Waals surface area (Å²) in [5.41, 5.74) is 7.82. The number of nitrogens with two attached hydrogens (primary N) is 1. The van der Waals surface area contributed by atoms with Gasteiger partial charge in [0.15, 0.2) is 0 Å². The van der Waals surface area contributed by atoms with E-state index in [-0.39, 0.29) is 6.10 Å². The van der Waals surface area contributed by atoms with Gasteiger partial charge >= 0.3 is 5.97 Å². The maximum absolute atomic E-state index is 11.1. The van der Waals surface area contributed by atoms with Crippen LogP contribution in [0.1, 0.15) is 24.5 Å². The van der Waals surface area contributed by atoms with E-state index in [1.165, 1.54) is 5.56 Å². The maximum Gasteiger partial charge on any atom is 0.341 e. The van der Waals surface area contributed by atoms with Crippen LogP contribution in [0.4, 0.5) is 0 Å². The summed E-state index contributed by atoms with van der Waals surface area (Å²) < 4.78 is 9.43. The highest BCUT2D eigenvalue weighted by Crippen LogP contribution is 2.11. The fraction of sp³-hybridized carbons (Fsp3) is 0.500. The van der Waals surface area contributed by atoms with Crippen LogP contribution in [0.5, 0.6) is 0 Å². The van der Waals surface area contributed by atoms with E-state index in [1.807, 2.05) is 24.3 Å². The second-order valence-electron chi connectivity index (χ2n) is 4.49. The molecule has 0 saturated carbocycles. The van der Waals surface area contributed by atoms with Crippen LogP contribution in [0.3, 0.4) is 0 Å².